The minimum Gasteiger partial charge on any atom is -0.493 e. The van der Waals surface area contributed by atoms with Crippen molar-refractivity contribution < 1.29 is 19.0 Å². The lowest BCUT2D eigenvalue weighted by atomic mass is 10.1. The molecule has 0 bridgehead atoms. The summed E-state index contributed by atoms with van der Waals surface area (Å²) in [7, 11) is 3.19. The van der Waals surface area contributed by atoms with E-state index in [1.807, 2.05) is 78.9 Å². The van der Waals surface area contributed by atoms with Crippen molar-refractivity contribution in [3.63, 3.8) is 0 Å². The number of ether oxygens (including phenoxy) is 3. The van der Waals surface area contributed by atoms with Crippen molar-refractivity contribution in [2.75, 3.05) is 24.9 Å². The normalized spacial score (nSPS) is 10.8. The summed E-state index contributed by atoms with van der Waals surface area (Å²) in [6.45, 7) is 2.15. The van der Waals surface area contributed by atoms with E-state index in [0.717, 1.165) is 40.2 Å². The Hall–Kier alpha value is -4.78. The molecule has 2 N–H and O–H groups in total. The van der Waals surface area contributed by atoms with Crippen LogP contribution in [0.15, 0.2) is 85.1 Å². The van der Waals surface area contributed by atoms with E-state index in [0.29, 0.717) is 28.7 Å². The van der Waals surface area contributed by atoms with Gasteiger partial charge in [0.25, 0.3) is 0 Å². The first-order valence-corrected chi connectivity index (χ1v) is 12.5. The van der Waals surface area contributed by atoms with Crippen LogP contribution in [0, 0.1) is 0 Å². The van der Waals surface area contributed by atoms with Crippen molar-refractivity contribution in [3.05, 3.63) is 90.6 Å². The number of nitrogens with one attached hydrogen (secondary N) is 2. The fraction of sp³-hybridized carbons (Fsp3) is 0.161. The highest BCUT2D eigenvalue weighted by atomic mass is 16.5. The number of methoxy groups -OCH3 is 2. The largest absolute Gasteiger partial charge is 0.493 e. The number of anilines is 2. The maximum atomic E-state index is 12.7. The number of hydrogen-bond acceptors (Lipinski definition) is 5. The summed E-state index contributed by atoms with van der Waals surface area (Å²) in [5.41, 5.74) is 3.44. The van der Waals surface area contributed by atoms with Crippen LogP contribution in [0.25, 0.3) is 21.7 Å². The number of benzene rings is 4. The zero-order valence-corrected chi connectivity index (χ0v) is 21.6. The Balaban J connectivity index is 1.36. The van der Waals surface area contributed by atoms with Gasteiger partial charge < -0.3 is 24.8 Å². The third kappa shape index (κ3) is 5.32. The number of nitrogens with zero attached hydrogens (tertiary/aromatic N) is 1. The van der Waals surface area contributed by atoms with Crippen molar-refractivity contribution >= 4 is 39.1 Å². The Labute approximate surface area is 221 Å². The van der Waals surface area contributed by atoms with E-state index >= 15 is 0 Å². The summed E-state index contributed by atoms with van der Waals surface area (Å²) in [5, 5.41) is 8.51. The molecule has 192 valence electrons. The van der Waals surface area contributed by atoms with Gasteiger partial charge >= 0.3 is 6.03 Å². The first kappa shape index (κ1) is 24.9. The van der Waals surface area contributed by atoms with Crippen LogP contribution in [0.4, 0.5) is 16.2 Å². The lowest BCUT2D eigenvalue weighted by Crippen LogP contribution is -2.19. The summed E-state index contributed by atoms with van der Waals surface area (Å²) in [6, 6.07) is 24.6. The summed E-state index contributed by atoms with van der Waals surface area (Å²) in [4.78, 5) is 17.1. The molecule has 0 unspecified atom stereocenters. The zero-order valence-electron chi connectivity index (χ0n) is 21.6. The average Bonchev–Trinajstić information content (AvgIpc) is 2.93. The van der Waals surface area contributed by atoms with Crippen molar-refractivity contribution in [1.82, 2.24) is 4.98 Å². The molecule has 0 fully saturated rings. The third-order valence-corrected chi connectivity index (χ3v) is 6.29. The van der Waals surface area contributed by atoms with Crippen LogP contribution in [-0.2, 0) is 6.42 Å². The van der Waals surface area contributed by atoms with Crippen LogP contribution in [0.3, 0.4) is 0 Å². The number of aryl methyl sites for hydroxylation is 1. The van der Waals surface area contributed by atoms with Gasteiger partial charge in [0.15, 0.2) is 11.5 Å². The number of fused-ring (bicyclic) bond motifs is 2. The molecule has 5 rings (SSSR count). The molecule has 0 aliphatic rings. The van der Waals surface area contributed by atoms with E-state index in [2.05, 4.69) is 22.5 Å². The molecule has 1 heterocycles. The Bertz CT molecular complexity index is 1600. The van der Waals surface area contributed by atoms with E-state index in [1.54, 1.807) is 20.4 Å². The summed E-state index contributed by atoms with van der Waals surface area (Å²) in [6.07, 6.45) is 3.81. The van der Waals surface area contributed by atoms with Gasteiger partial charge in [0, 0.05) is 28.7 Å². The van der Waals surface area contributed by atoms with E-state index in [-0.39, 0.29) is 6.03 Å². The Kier molecular flexibility index (Phi) is 7.26. The van der Waals surface area contributed by atoms with Gasteiger partial charge in [-0.25, -0.2) is 4.79 Å². The van der Waals surface area contributed by atoms with Gasteiger partial charge in [-0.1, -0.05) is 37.6 Å². The second kappa shape index (κ2) is 11.1. The van der Waals surface area contributed by atoms with Gasteiger partial charge in [-0.2, -0.15) is 0 Å². The summed E-state index contributed by atoms with van der Waals surface area (Å²) in [5.74, 6) is 2.51. The summed E-state index contributed by atoms with van der Waals surface area (Å²) < 4.78 is 17.1. The van der Waals surface area contributed by atoms with Crippen molar-refractivity contribution in [1.29, 1.82) is 0 Å². The minimum atomic E-state index is -0.298. The maximum Gasteiger partial charge on any atom is 0.323 e. The molecule has 0 spiro atoms. The van der Waals surface area contributed by atoms with E-state index < -0.39 is 0 Å². The van der Waals surface area contributed by atoms with Crippen LogP contribution < -0.4 is 24.8 Å². The lowest BCUT2D eigenvalue weighted by Gasteiger charge is -2.14. The zero-order chi connectivity index (χ0) is 26.5. The molecule has 1 aromatic heterocycles. The monoisotopic (exact) mass is 507 g/mol. The van der Waals surface area contributed by atoms with Crippen LogP contribution in [0.1, 0.15) is 18.9 Å². The van der Waals surface area contributed by atoms with Crippen LogP contribution in [-0.4, -0.2) is 25.2 Å². The first-order chi connectivity index (χ1) is 18.6. The molecule has 0 atom stereocenters. The topological polar surface area (TPSA) is 81.7 Å². The van der Waals surface area contributed by atoms with Crippen LogP contribution in [0.5, 0.6) is 23.0 Å². The van der Waals surface area contributed by atoms with Crippen molar-refractivity contribution in [2.24, 2.45) is 0 Å². The van der Waals surface area contributed by atoms with E-state index in [4.69, 9.17) is 14.2 Å². The number of rotatable bonds is 8. The molecule has 0 aliphatic heterocycles. The fourth-order valence-electron chi connectivity index (χ4n) is 4.43. The van der Waals surface area contributed by atoms with Gasteiger partial charge in [0.05, 0.1) is 25.4 Å². The van der Waals surface area contributed by atoms with Crippen LogP contribution in [0.2, 0.25) is 0 Å². The lowest BCUT2D eigenvalue weighted by molar-refractivity contribution is 0.262. The quantitative estimate of drug-likeness (QED) is 0.224. The molecule has 2 amide bonds. The molecular formula is C31H29N3O4. The molecule has 0 aliphatic carbocycles. The van der Waals surface area contributed by atoms with E-state index in [9.17, 15) is 4.79 Å². The second-order valence-corrected chi connectivity index (χ2v) is 8.85. The number of hydrogen-bond donors (Lipinski definition) is 2. The molecular weight excluding hydrogens is 478 g/mol. The number of amides is 2. The Morgan fingerprint density at radius 1 is 0.816 bits per heavy atom. The second-order valence-electron chi connectivity index (χ2n) is 8.85. The number of pyridine rings is 1. The molecule has 0 saturated heterocycles. The maximum absolute atomic E-state index is 12.7. The number of aromatic nitrogens is 1. The molecule has 7 nitrogen and oxygen atoms in total. The molecule has 38 heavy (non-hydrogen) atoms. The molecule has 5 aromatic rings. The van der Waals surface area contributed by atoms with Crippen molar-refractivity contribution in [3.8, 4) is 23.0 Å². The SMILES string of the molecule is CCCc1ccc(NC(=O)Nc2cccc3cc(Oc4ccnc5cc(OC)c(OC)cc45)ccc23)cc1. The average molecular weight is 508 g/mol. The molecule has 7 heteroatoms. The molecule has 4 aromatic carbocycles. The third-order valence-electron chi connectivity index (χ3n) is 6.29. The highest BCUT2D eigenvalue weighted by Gasteiger charge is 2.12. The standard InChI is InChI=1S/C31H29N3O4/c1-4-6-20-9-11-22(12-10-20)33-31(35)34-26-8-5-7-21-17-23(13-14-24(21)26)38-28-15-16-32-27-19-30(37-3)29(36-2)18-25(27)28/h5,7-19H,4,6H2,1-3H3,(H2,33,34,35). The Morgan fingerprint density at radius 3 is 2.37 bits per heavy atom. The van der Waals surface area contributed by atoms with Crippen molar-refractivity contribution in [2.45, 2.75) is 19.8 Å². The van der Waals surface area contributed by atoms with Gasteiger partial charge in [-0.3, -0.25) is 4.98 Å². The smallest absolute Gasteiger partial charge is 0.323 e. The highest BCUT2D eigenvalue weighted by molar-refractivity contribution is 6.06. The Morgan fingerprint density at radius 2 is 1.61 bits per heavy atom. The predicted molar refractivity (Wildman–Crippen MR) is 152 cm³/mol. The van der Waals surface area contributed by atoms with Gasteiger partial charge in [-0.15, -0.1) is 0 Å². The van der Waals surface area contributed by atoms with Crippen LogP contribution >= 0.6 is 0 Å². The highest BCUT2D eigenvalue weighted by Crippen LogP contribution is 2.37. The van der Waals surface area contributed by atoms with Gasteiger partial charge in [0.2, 0.25) is 0 Å². The predicted octanol–water partition coefficient (Wildman–Crippen LogP) is 7.79. The molecule has 0 saturated carbocycles. The molecule has 0 radical (unpaired) electrons. The van der Waals surface area contributed by atoms with E-state index in [1.165, 1.54) is 5.56 Å². The fourth-order valence-corrected chi connectivity index (χ4v) is 4.43. The number of carbonyl (C=O) groups excluding carboxylic acids is 1. The minimum absolute atomic E-state index is 0.298. The van der Waals surface area contributed by atoms with Gasteiger partial charge in [0.1, 0.15) is 11.5 Å². The summed E-state index contributed by atoms with van der Waals surface area (Å²) >= 11 is 0. The van der Waals surface area contributed by atoms with Gasteiger partial charge in [-0.05, 0) is 65.9 Å². The first-order valence-electron chi connectivity index (χ1n) is 12.5. The number of urea groups is 1. The number of carbonyl (C=O) groups is 1.